The van der Waals surface area contributed by atoms with Crippen LogP contribution in [0.5, 0.6) is 5.75 Å². The molecule has 1 aromatic carbocycles. The van der Waals surface area contributed by atoms with Crippen molar-refractivity contribution in [2.45, 2.75) is 44.9 Å². The standard InChI is InChI=1S/C18H30N2O3S/c1-14-7-5-9-20(13-14)10-6-8-19-24(21,22)18-15(2)11-17(23-4)12-16(18)3/h11-12,14,19H,5-10,13H2,1-4H3/t14-/m1/s1. The van der Waals surface area contributed by atoms with E-state index in [1.807, 2.05) is 0 Å². The summed E-state index contributed by atoms with van der Waals surface area (Å²) in [5.41, 5.74) is 1.42. The maximum atomic E-state index is 12.6. The zero-order chi connectivity index (χ0) is 17.7. The van der Waals surface area contributed by atoms with E-state index in [9.17, 15) is 8.42 Å². The molecular weight excluding hydrogens is 324 g/mol. The van der Waals surface area contributed by atoms with Crippen LogP contribution in [0.2, 0.25) is 0 Å². The van der Waals surface area contributed by atoms with Crippen molar-refractivity contribution in [2.75, 3.05) is 33.3 Å². The highest BCUT2D eigenvalue weighted by molar-refractivity contribution is 7.89. The number of rotatable bonds is 7. The SMILES string of the molecule is COc1cc(C)c(S(=O)(=O)NCCCN2CCC[C@@H](C)C2)c(C)c1. The number of piperidine rings is 1. The maximum absolute atomic E-state index is 12.6. The Bertz CT molecular complexity index is 635. The van der Waals surface area contributed by atoms with E-state index in [1.54, 1.807) is 33.1 Å². The van der Waals surface area contributed by atoms with Crippen LogP contribution in [0, 0.1) is 19.8 Å². The first-order chi connectivity index (χ1) is 11.3. The fourth-order valence-electron chi connectivity index (χ4n) is 3.52. The van der Waals surface area contributed by atoms with Crippen molar-refractivity contribution in [3.8, 4) is 5.75 Å². The van der Waals surface area contributed by atoms with Crippen LogP contribution in [-0.4, -0.2) is 46.6 Å². The van der Waals surface area contributed by atoms with Crippen LogP contribution in [0.4, 0.5) is 0 Å². The second kappa shape index (κ2) is 8.32. The van der Waals surface area contributed by atoms with Crippen LogP contribution in [0.15, 0.2) is 17.0 Å². The molecule has 0 aromatic heterocycles. The van der Waals surface area contributed by atoms with Crippen LogP contribution in [0.1, 0.15) is 37.3 Å². The summed E-state index contributed by atoms with van der Waals surface area (Å²) in [5, 5.41) is 0. The van der Waals surface area contributed by atoms with E-state index in [-0.39, 0.29) is 0 Å². The van der Waals surface area contributed by atoms with Crippen LogP contribution < -0.4 is 9.46 Å². The zero-order valence-corrected chi connectivity index (χ0v) is 16.1. The Balaban J connectivity index is 1.92. The first kappa shape index (κ1) is 19.2. The van der Waals surface area contributed by atoms with Gasteiger partial charge in [-0.15, -0.1) is 0 Å². The molecule has 1 heterocycles. The molecule has 136 valence electrons. The quantitative estimate of drug-likeness (QED) is 0.765. The molecule has 1 atom stereocenters. The van der Waals surface area contributed by atoms with Gasteiger partial charge in [-0.25, -0.2) is 13.1 Å². The fourth-order valence-corrected chi connectivity index (χ4v) is 5.05. The Morgan fingerprint density at radius 2 is 1.96 bits per heavy atom. The lowest BCUT2D eigenvalue weighted by Gasteiger charge is -2.30. The van der Waals surface area contributed by atoms with Gasteiger partial charge in [0.05, 0.1) is 12.0 Å². The van der Waals surface area contributed by atoms with Crippen molar-refractivity contribution in [3.05, 3.63) is 23.3 Å². The molecule has 0 saturated carbocycles. The maximum Gasteiger partial charge on any atom is 0.241 e. The summed E-state index contributed by atoms with van der Waals surface area (Å²) < 4.78 is 33.2. The minimum absolute atomic E-state index is 0.370. The van der Waals surface area contributed by atoms with Gasteiger partial charge in [0.2, 0.25) is 10.0 Å². The van der Waals surface area contributed by atoms with E-state index in [0.29, 0.717) is 28.3 Å². The number of hydrogen-bond donors (Lipinski definition) is 1. The highest BCUT2D eigenvalue weighted by Crippen LogP contribution is 2.25. The van der Waals surface area contributed by atoms with Crippen LogP contribution >= 0.6 is 0 Å². The first-order valence-corrected chi connectivity index (χ1v) is 10.2. The molecule has 1 aromatic rings. The van der Waals surface area contributed by atoms with Gasteiger partial charge in [0.25, 0.3) is 0 Å². The number of sulfonamides is 1. The number of aryl methyl sites for hydroxylation is 2. The number of ether oxygens (including phenoxy) is 1. The summed E-state index contributed by atoms with van der Waals surface area (Å²) in [6, 6.07) is 3.52. The van der Waals surface area contributed by atoms with Gasteiger partial charge in [-0.1, -0.05) is 6.92 Å². The third-order valence-electron chi connectivity index (χ3n) is 4.62. The van der Waals surface area contributed by atoms with E-state index in [4.69, 9.17) is 4.74 Å². The van der Waals surface area contributed by atoms with Crippen molar-refractivity contribution < 1.29 is 13.2 Å². The predicted molar refractivity (Wildman–Crippen MR) is 97.1 cm³/mol. The van der Waals surface area contributed by atoms with E-state index in [1.165, 1.54) is 12.8 Å². The summed E-state index contributed by atoms with van der Waals surface area (Å²) in [5.74, 6) is 1.43. The molecule has 0 amide bonds. The van der Waals surface area contributed by atoms with Gasteiger partial charge >= 0.3 is 0 Å². The number of methoxy groups -OCH3 is 1. The molecule has 0 unspecified atom stereocenters. The Morgan fingerprint density at radius 3 is 2.54 bits per heavy atom. The summed E-state index contributed by atoms with van der Waals surface area (Å²) >= 11 is 0. The molecule has 5 nitrogen and oxygen atoms in total. The lowest BCUT2D eigenvalue weighted by atomic mass is 10.0. The molecule has 1 saturated heterocycles. The fraction of sp³-hybridized carbons (Fsp3) is 0.667. The second-order valence-corrected chi connectivity index (χ2v) is 8.59. The molecule has 2 rings (SSSR count). The number of benzene rings is 1. The monoisotopic (exact) mass is 354 g/mol. The number of nitrogens with one attached hydrogen (secondary N) is 1. The molecule has 1 aliphatic heterocycles. The average molecular weight is 355 g/mol. The lowest BCUT2D eigenvalue weighted by molar-refractivity contribution is 0.182. The molecule has 24 heavy (non-hydrogen) atoms. The van der Waals surface area contributed by atoms with Crippen molar-refractivity contribution in [2.24, 2.45) is 5.92 Å². The number of nitrogens with zero attached hydrogens (tertiary/aromatic N) is 1. The summed E-state index contributed by atoms with van der Waals surface area (Å²) in [6.07, 6.45) is 3.39. The highest BCUT2D eigenvalue weighted by atomic mass is 32.2. The lowest BCUT2D eigenvalue weighted by Crippen LogP contribution is -2.36. The molecule has 0 bridgehead atoms. The Kier molecular flexibility index (Phi) is 6.66. The van der Waals surface area contributed by atoms with Gasteiger partial charge in [0.15, 0.2) is 0 Å². The largest absolute Gasteiger partial charge is 0.497 e. The summed E-state index contributed by atoms with van der Waals surface area (Å²) in [7, 11) is -1.90. The van der Waals surface area contributed by atoms with E-state index in [2.05, 4.69) is 16.5 Å². The van der Waals surface area contributed by atoms with E-state index in [0.717, 1.165) is 32.0 Å². The summed E-state index contributed by atoms with van der Waals surface area (Å²) in [6.45, 7) is 9.57. The molecular formula is C18H30N2O3S. The smallest absolute Gasteiger partial charge is 0.241 e. The van der Waals surface area contributed by atoms with Crippen molar-refractivity contribution in [3.63, 3.8) is 0 Å². The Hall–Kier alpha value is -1.11. The topological polar surface area (TPSA) is 58.6 Å². The molecule has 6 heteroatoms. The molecule has 1 aliphatic rings. The van der Waals surface area contributed by atoms with E-state index < -0.39 is 10.0 Å². The highest BCUT2D eigenvalue weighted by Gasteiger charge is 2.20. The normalized spacial score (nSPS) is 19.4. The Morgan fingerprint density at radius 1 is 1.29 bits per heavy atom. The first-order valence-electron chi connectivity index (χ1n) is 8.70. The van der Waals surface area contributed by atoms with Gasteiger partial charge < -0.3 is 9.64 Å². The molecule has 1 fully saturated rings. The third kappa shape index (κ3) is 4.94. The number of hydrogen-bond acceptors (Lipinski definition) is 4. The minimum Gasteiger partial charge on any atom is -0.497 e. The van der Waals surface area contributed by atoms with E-state index >= 15 is 0 Å². The second-order valence-electron chi connectivity index (χ2n) is 6.89. The van der Waals surface area contributed by atoms with Crippen molar-refractivity contribution in [1.29, 1.82) is 0 Å². The van der Waals surface area contributed by atoms with Gasteiger partial charge in [0.1, 0.15) is 5.75 Å². The Labute approximate surface area is 146 Å². The summed E-state index contributed by atoms with van der Waals surface area (Å²) in [4.78, 5) is 2.81. The predicted octanol–water partition coefficient (Wildman–Crippen LogP) is 2.71. The van der Waals surface area contributed by atoms with Crippen molar-refractivity contribution >= 4 is 10.0 Å². The third-order valence-corrected chi connectivity index (χ3v) is 6.39. The van der Waals surface area contributed by atoms with Gasteiger partial charge in [-0.2, -0.15) is 0 Å². The van der Waals surface area contributed by atoms with Gasteiger partial charge in [-0.05, 0) is 75.4 Å². The average Bonchev–Trinajstić information content (AvgIpc) is 2.50. The number of likely N-dealkylation sites (tertiary alicyclic amines) is 1. The molecule has 0 aliphatic carbocycles. The van der Waals surface area contributed by atoms with Crippen LogP contribution in [-0.2, 0) is 10.0 Å². The molecule has 1 N–H and O–H groups in total. The van der Waals surface area contributed by atoms with Crippen molar-refractivity contribution in [1.82, 2.24) is 9.62 Å². The van der Waals surface area contributed by atoms with Gasteiger partial charge in [0, 0.05) is 13.1 Å². The molecule has 0 spiro atoms. The molecule has 0 radical (unpaired) electrons. The zero-order valence-electron chi connectivity index (χ0n) is 15.3. The minimum atomic E-state index is -3.48. The van der Waals surface area contributed by atoms with Crippen LogP contribution in [0.25, 0.3) is 0 Å². The van der Waals surface area contributed by atoms with Crippen LogP contribution in [0.3, 0.4) is 0 Å². The van der Waals surface area contributed by atoms with Gasteiger partial charge in [-0.3, -0.25) is 0 Å².